The van der Waals surface area contributed by atoms with Crippen molar-refractivity contribution in [2.24, 2.45) is 5.10 Å². The summed E-state index contributed by atoms with van der Waals surface area (Å²) in [7, 11) is 0. The first-order chi connectivity index (χ1) is 15.6. The number of nitrogens with zero attached hydrogens (tertiary/aromatic N) is 3. The molecule has 0 atom stereocenters. The molecule has 1 saturated heterocycles. The molecule has 0 bridgehead atoms. The molecule has 32 heavy (non-hydrogen) atoms. The van der Waals surface area contributed by atoms with Crippen molar-refractivity contribution in [3.63, 3.8) is 0 Å². The number of piperidine rings is 1. The van der Waals surface area contributed by atoms with E-state index in [1.165, 1.54) is 24.8 Å². The molecule has 1 fully saturated rings. The zero-order valence-electron chi connectivity index (χ0n) is 17.6. The van der Waals surface area contributed by atoms with Gasteiger partial charge in [-0.2, -0.15) is 5.10 Å². The highest BCUT2D eigenvalue weighted by molar-refractivity contribution is 5.91. The van der Waals surface area contributed by atoms with Gasteiger partial charge >= 0.3 is 0 Å². The Morgan fingerprint density at radius 2 is 1.88 bits per heavy atom. The van der Waals surface area contributed by atoms with E-state index in [1.807, 2.05) is 42.5 Å². The Hall–Kier alpha value is -3.94. The summed E-state index contributed by atoms with van der Waals surface area (Å²) >= 11 is 0. The third-order valence-corrected chi connectivity index (χ3v) is 5.42. The molecule has 1 aliphatic heterocycles. The smallest absolute Gasteiger partial charge is 0.277 e. The zero-order chi connectivity index (χ0) is 22.3. The fourth-order valence-electron chi connectivity index (χ4n) is 3.85. The molecule has 0 saturated carbocycles. The minimum Gasteiger partial charge on any atom is -0.483 e. The van der Waals surface area contributed by atoms with Crippen LogP contribution in [0.4, 0.5) is 11.4 Å². The number of hydrogen-bond donors (Lipinski definition) is 1. The van der Waals surface area contributed by atoms with Crippen LogP contribution in [0.1, 0.15) is 24.8 Å². The van der Waals surface area contributed by atoms with E-state index >= 15 is 0 Å². The Kier molecular flexibility index (Phi) is 6.60. The summed E-state index contributed by atoms with van der Waals surface area (Å²) in [6, 6.07) is 18.2. The van der Waals surface area contributed by atoms with Crippen molar-refractivity contribution < 1.29 is 14.5 Å². The third kappa shape index (κ3) is 5.03. The van der Waals surface area contributed by atoms with Gasteiger partial charge in [0.25, 0.3) is 11.6 Å². The van der Waals surface area contributed by atoms with Crippen molar-refractivity contribution in [2.45, 2.75) is 19.3 Å². The minimum absolute atomic E-state index is 0.0159. The van der Waals surface area contributed by atoms with Gasteiger partial charge in [0.15, 0.2) is 6.61 Å². The SMILES string of the molecule is O=C(COc1cccc2ccccc12)NN=Cc1cc([N+](=O)[O-])ccc1N1CCCCC1. The van der Waals surface area contributed by atoms with Gasteiger partial charge < -0.3 is 9.64 Å². The molecule has 164 valence electrons. The van der Waals surface area contributed by atoms with Crippen LogP contribution in [0.2, 0.25) is 0 Å². The Bertz CT molecular complexity index is 1150. The molecule has 1 amide bonds. The first kappa shape index (κ1) is 21.3. The Morgan fingerprint density at radius 1 is 1.09 bits per heavy atom. The van der Waals surface area contributed by atoms with Gasteiger partial charge in [-0.3, -0.25) is 14.9 Å². The van der Waals surface area contributed by atoms with Gasteiger partial charge in [0.2, 0.25) is 0 Å². The number of anilines is 1. The molecule has 0 aromatic heterocycles. The van der Waals surface area contributed by atoms with E-state index in [-0.39, 0.29) is 12.3 Å². The highest BCUT2D eigenvalue weighted by atomic mass is 16.6. The molecule has 1 aliphatic rings. The van der Waals surface area contributed by atoms with Gasteiger partial charge in [-0.1, -0.05) is 36.4 Å². The molecule has 8 nitrogen and oxygen atoms in total. The fraction of sp³-hybridized carbons (Fsp3) is 0.250. The van der Waals surface area contributed by atoms with Gasteiger partial charge in [0.1, 0.15) is 5.75 Å². The van der Waals surface area contributed by atoms with E-state index in [4.69, 9.17) is 4.74 Å². The summed E-state index contributed by atoms with van der Waals surface area (Å²) in [6.07, 6.45) is 4.79. The standard InChI is InChI=1S/C24H24N4O4/c29-24(17-32-23-10-6-8-18-7-2-3-9-21(18)23)26-25-16-19-15-20(28(30)31)11-12-22(19)27-13-4-1-5-14-27/h2-3,6-12,15-16H,1,4-5,13-14,17H2,(H,26,29). The number of nitrogens with one attached hydrogen (secondary N) is 1. The van der Waals surface area contributed by atoms with Crippen LogP contribution in [0, 0.1) is 10.1 Å². The molecule has 1 heterocycles. The van der Waals surface area contributed by atoms with Gasteiger partial charge in [-0.15, -0.1) is 0 Å². The third-order valence-electron chi connectivity index (χ3n) is 5.42. The highest BCUT2D eigenvalue weighted by Gasteiger charge is 2.17. The molecular formula is C24H24N4O4. The lowest BCUT2D eigenvalue weighted by Gasteiger charge is -2.29. The Balaban J connectivity index is 1.42. The van der Waals surface area contributed by atoms with Gasteiger partial charge in [-0.25, -0.2) is 5.43 Å². The maximum absolute atomic E-state index is 12.2. The maximum Gasteiger partial charge on any atom is 0.277 e. The predicted octanol–water partition coefficient (Wildman–Crippen LogP) is 4.27. The predicted molar refractivity (Wildman–Crippen MR) is 124 cm³/mol. The van der Waals surface area contributed by atoms with Crippen molar-refractivity contribution in [1.29, 1.82) is 0 Å². The summed E-state index contributed by atoms with van der Waals surface area (Å²) in [6.45, 7) is 1.59. The van der Waals surface area contributed by atoms with Crippen LogP contribution in [0.15, 0.2) is 65.8 Å². The molecule has 8 heteroatoms. The lowest BCUT2D eigenvalue weighted by molar-refractivity contribution is -0.384. The number of hydrogen-bond acceptors (Lipinski definition) is 6. The van der Waals surface area contributed by atoms with Crippen LogP contribution < -0.4 is 15.1 Å². The molecule has 0 unspecified atom stereocenters. The molecule has 0 aliphatic carbocycles. The van der Waals surface area contributed by atoms with Gasteiger partial charge in [0, 0.05) is 41.9 Å². The number of carbonyl (C=O) groups is 1. The van der Waals surface area contributed by atoms with Crippen molar-refractivity contribution in [2.75, 3.05) is 24.6 Å². The molecule has 1 N–H and O–H groups in total. The summed E-state index contributed by atoms with van der Waals surface area (Å²) < 4.78 is 5.67. The van der Waals surface area contributed by atoms with Crippen LogP contribution in [-0.4, -0.2) is 36.7 Å². The van der Waals surface area contributed by atoms with Crippen molar-refractivity contribution >= 4 is 34.3 Å². The molecular weight excluding hydrogens is 408 g/mol. The first-order valence-electron chi connectivity index (χ1n) is 10.6. The summed E-state index contributed by atoms with van der Waals surface area (Å²) in [5, 5.41) is 17.2. The maximum atomic E-state index is 12.2. The van der Waals surface area contributed by atoms with Crippen LogP contribution in [0.25, 0.3) is 10.8 Å². The second-order valence-corrected chi connectivity index (χ2v) is 7.61. The van der Waals surface area contributed by atoms with Crippen LogP contribution >= 0.6 is 0 Å². The second-order valence-electron chi connectivity index (χ2n) is 7.61. The van der Waals surface area contributed by atoms with E-state index in [2.05, 4.69) is 15.4 Å². The number of amides is 1. The van der Waals surface area contributed by atoms with E-state index < -0.39 is 10.8 Å². The number of ether oxygens (including phenoxy) is 1. The van der Waals surface area contributed by atoms with E-state index in [1.54, 1.807) is 6.07 Å². The second kappa shape index (κ2) is 9.91. The number of nitro benzene ring substituents is 1. The normalized spacial score (nSPS) is 13.9. The lowest BCUT2D eigenvalue weighted by Crippen LogP contribution is -2.30. The average molecular weight is 432 g/mol. The quantitative estimate of drug-likeness (QED) is 0.342. The number of hydrazone groups is 1. The fourth-order valence-corrected chi connectivity index (χ4v) is 3.85. The highest BCUT2D eigenvalue weighted by Crippen LogP contribution is 2.27. The monoisotopic (exact) mass is 432 g/mol. The van der Waals surface area contributed by atoms with Crippen LogP contribution in [0.5, 0.6) is 5.75 Å². The molecule has 3 aromatic carbocycles. The molecule has 0 radical (unpaired) electrons. The molecule has 4 rings (SSSR count). The van der Waals surface area contributed by atoms with Crippen molar-refractivity contribution in [3.05, 3.63) is 76.3 Å². The minimum atomic E-state index is -0.437. The number of fused-ring (bicyclic) bond motifs is 1. The van der Waals surface area contributed by atoms with E-state index in [0.29, 0.717) is 11.3 Å². The zero-order valence-corrected chi connectivity index (χ0v) is 17.6. The first-order valence-corrected chi connectivity index (χ1v) is 10.6. The Morgan fingerprint density at radius 3 is 2.69 bits per heavy atom. The van der Waals surface area contributed by atoms with E-state index in [9.17, 15) is 14.9 Å². The van der Waals surface area contributed by atoms with Crippen molar-refractivity contribution in [3.8, 4) is 5.75 Å². The van der Waals surface area contributed by atoms with Crippen LogP contribution in [0.3, 0.4) is 0 Å². The van der Waals surface area contributed by atoms with Gasteiger partial charge in [0.05, 0.1) is 11.1 Å². The van der Waals surface area contributed by atoms with Crippen molar-refractivity contribution in [1.82, 2.24) is 5.43 Å². The van der Waals surface area contributed by atoms with E-state index in [0.717, 1.165) is 42.4 Å². The largest absolute Gasteiger partial charge is 0.483 e. The summed E-state index contributed by atoms with van der Waals surface area (Å²) in [5.74, 6) is 0.201. The number of nitro groups is 1. The Labute approximate surface area is 185 Å². The number of rotatable bonds is 7. The number of benzene rings is 3. The van der Waals surface area contributed by atoms with Crippen LogP contribution in [-0.2, 0) is 4.79 Å². The summed E-state index contributed by atoms with van der Waals surface area (Å²) in [5.41, 5.74) is 3.90. The van der Waals surface area contributed by atoms with Gasteiger partial charge in [-0.05, 0) is 36.8 Å². The lowest BCUT2D eigenvalue weighted by atomic mass is 10.1. The molecule has 0 spiro atoms. The topological polar surface area (TPSA) is 97.1 Å². The number of non-ortho nitro benzene ring substituents is 1. The number of carbonyl (C=O) groups excluding carboxylic acids is 1. The summed E-state index contributed by atoms with van der Waals surface area (Å²) in [4.78, 5) is 25.2. The molecule has 3 aromatic rings. The average Bonchev–Trinajstić information content (AvgIpc) is 2.83.